The molecule has 2 N–H and O–H groups in total. The number of hydrogen-bond acceptors (Lipinski definition) is 4. The molecule has 1 aliphatic heterocycles. The Labute approximate surface area is 163 Å². The minimum atomic E-state index is -0.406. The van der Waals surface area contributed by atoms with Gasteiger partial charge < -0.3 is 15.4 Å². The Kier molecular flexibility index (Phi) is 5.96. The molecule has 1 fully saturated rings. The summed E-state index contributed by atoms with van der Waals surface area (Å²) in [5, 5.41) is 0.628. The summed E-state index contributed by atoms with van der Waals surface area (Å²) in [6, 6.07) is 8.90. The molecule has 7 heteroatoms. The maximum absolute atomic E-state index is 12.8. The van der Waals surface area contributed by atoms with Gasteiger partial charge in [-0.15, -0.1) is 0 Å². The average Bonchev–Trinajstić information content (AvgIpc) is 2.64. The van der Waals surface area contributed by atoms with E-state index >= 15 is 0 Å². The van der Waals surface area contributed by atoms with Gasteiger partial charge in [0.1, 0.15) is 11.9 Å². The number of pyridine rings is 1. The van der Waals surface area contributed by atoms with Gasteiger partial charge in [0.2, 0.25) is 5.91 Å². The summed E-state index contributed by atoms with van der Waals surface area (Å²) in [4.78, 5) is 30.2. The smallest absolute Gasteiger partial charge is 0.255 e. The third-order valence-corrected chi connectivity index (χ3v) is 4.89. The number of aromatic nitrogens is 1. The summed E-state index contributed by atoms with van der Waals surface area (Å²) in [6.07, 6.45) is 3.85. The van der Waals surface area contributed by atoms with Gasteiger partial charge in [0.05, 0.1) is 5.56 Å². The molecule has 0 aliphatic carbocycles. The van der Waals surface area contributed by atoms with Crippen LogP contribution in [0.3, 0.4) is 0 Å². The molecule has 0 spiro atoms. The highest BCUT2D eigenvalue weighted by Gasteiger charge is 2.34. The molecule has 2 aromatic rings. The van der Waals surface area contributed by atoms with E-state index in [1.807, 2.05) is 13.0 Å². The number of carbonyl (C=O) groups excluding carboxylic acids is 2. The second kappa shape index (κ2) is 8.39. The minimum absolute atomic E-state index is 0.0920. The van der Waals surface area contributed by atoms with Gasteiger partial charge in [0, 0.05) is 49.3 Å². The van der Waals surface area contributed by atoms with E-state index in [9.17, 15) is 9.59 Å². The van der Waals surface area contributed by atoms with E-state index in [1.54, 1.807) is 41.6 Å². The molecule has 1 aliphatic rings. The number of primary amides is 1. The van der Waals surface area contributed by atoms with Crippen molar-refractivity contribution >= 4 is 23.4 Å². The normalized spacial score (nSPS) is 19.6. The lowest BCUT2D eigenvalue weighted by atomic mass is 9.90. The highest BCUT2D eigenvalue weighted by Crippen LogP contribution is 2.27. The van der Waals surface area contributed by atoms with Crippen molar-refractivity contribution < 1.29 is 14.3 Å². The fraction of sp³-hybridized carbons (Fsp3) is 0.350. The summed E-state index contributed by atoms with van der Waals surface area (Å²) in [5.74, 6) is 0.0111. The maximum Gasteiger partial charge on any atom is 0.255 e. The Hall–Kier alpha value is -2.60. The van der Waals surface area contributed by atoms with Crippen LogP contribution in [0.5, 0.6) is 5.75 Å². The van der Waals surface area contributed by atoms with Gasteiger partial charge in [-0.1, -0.05) is 11.6 Å². The number of nitrogens with zero attached hydrogens (tertiary/aromatic N) is 2. The predicted octanol–water partition coefficient (Wildman–Crippen LogP) is 2.83. The molecule has 6 nitrogen and oxygen atoms in total. The first kappa shape index (κ1) is 19.2. The van der Waals surface area contributed by atoms with Gasteiger partial charge in [-0.2, -0.15) is 0 Å². The Morgan fingerprint density at radius 3 is 2.70 bits per heavy atom. The number of benzene rings is 1. The molecule has 3 rings (SSSR count). The monoisotopic (exact) mass is 387 g/mol. The van der Waals surface area contributed by atoms with Gasteiger partial charge in [-0.05, 0) is 42.8 Å². The van der Waals surface area contributed by atoms with Crippen LogP contribution in [0.1, 0.15) is 28.8 Å². The second-order valence-electron chi connectivity index (χ2n) is 6.83. The molecule has 142 valence electrons. The van der Waals surface area contributed by atoms with Crippen LogP contribution >= 0.6 is 11.6 Å². The molecule has 2 amide bonds. The van der Waals surface area contributed by atoms with Crippen LogP contribution in [0.4, 0.5) is 0 Å². The molecule has 1 saturated heterocycles. The standard InChI is InChI=1S/C20H22ClN3O3/c1-13-8-14(11-23-10-13)20(26)24-7-6-18(15(12-24)9-19(22)25)27-17-4-2-16(21)3-5-17/h2-5,8,10-11,15,18H,6-7,9,12H2,1H3,(H2,22,25)/t15-,18-/m0/s1. The number of ether oxygens (including phenoxy) is 1. The Morgan fingerprint density at radius 2 is 2.04 bits per heavy atom. The molecule has 1 aromatic heterocycles. The van der Waals surface area contributed by atoms with Crippen LogP contribution in [-0.4, -0.2) is 40.9 Å². The lowest BCUT2D eigenvalue weighted by Gasteiger charge is -2.38. The molecule has 2 atom stereocenters. The molecule has 0 bridgehead atoms. The first-order chi connectivity index (χ1) is 12.9. The van der Waals surface area contributed by atoms with Crippen molar-refractivity contribution in [1.82, 2.24) is 9.88 Å². The fourth-order valence-electron chi connectivity index (χ4n) is 3.35. The van der Waals surface area contributed by atoms with Crippen LogP contribution < -0.4 is 10.5 Å². The minimum Gasteiger partial charge on any atom is -0.490 e. The Bertz CT molecular complexity index is 825. The van der Waals surface area contributed by atoms with Gasteiger partial charge >= 0.3 is 0 Å². The number of hydrogen-bond donors (Lipinski definition) is 1. The Morgan fingerprint density at radius 1 is 1.30 bits per heavy atom. The van der Waals surface area contributed by atoms with Crippen LogP contribution in [0.15, 0.2) is 42.7 Å². The summed E-state index contributed by atoms with van der Waals surface area (Å²) >= 11 is 5.91. The zero-order valence-electron chi connectivity index (χ0n) is 15.1. The van der Waals surface area contributed by atoms with Gasteiger partial charge in [-0.3, -0.25) is 14.6 Å². The first-order valence-corrected chi connectivity index (χ1v) is 9.21. The van der Waals surface area contributed by atoms with E-state index in [4.69, 9.17) is 22.1 Å². The molecule has 2 heterocycles. The highest BCUT2D eigenvalue weighted by atomic mass is 35.5. The molecular formula is C20H22ClN3O3. The van der Waals surface area contributed by atoms with Crippen molar-refractivity contribution in [2.75, 3.05) is 13.1 Å². The predicted molar refractivity (Wildman–Crippen MR) is 103 cm³/mol. The lowest BCUT2D eigenvalue weighted by Crippen LogP contribution is -2.49. The zero-order chi connectivity index (χ0) is 19.4. The molecule has 27 heavy (non-hydrogen) atoms. The lowest BCUT2D eigenvalue weighted by molar-refractivity contribution is -0.120. The van der Waals surface area contributed by atoms with Crippen molar-refractivity contribution in [2.45, 2.75) is 25.9 Å². The van der Waals surface area contributed by atoms with Crippen molar-refractivity contribution in [3.05, 3.63) is 58.9 Å². The molecular weight excluding hydrogens is 366 g/mol. The van der Waals surface area contributed by atoms with Crippen molar-refractivity contribution in [3.63, 3.8) is 0 Å². The number of halogens is 1. The third-order valence-electron chi connectivity index (χ3n) is 4.64. The van der Waals surface area contributed by atoms with Crippen LogP contribution in [0.25, 0.3) is 0 Å². The quantitative estimate of drug-likeness (QED) is 0.854. The summed E-state index contributed by atoms with van der Waals surface area (Å²) in [7, 11) is 0. The van der Waals surface area contributed by atoms with Crippen molar-refractivity contribution in [2.24, 2.45) is 11.7 Å². The maximum atomic E-state index is 12.8. The zero-order valence-corrected chi connectivity index (χ0v) is 15.9. The van der Waals surface area contributed by atoms with E-state index in [0.29, 0.717) is 35.8 Å². The number of carbonyl (C=O) groups is 2. The number of piperidine rings is 1. The number of likely N-dealkylation sites (tertiary alicyclic amines) is 1. The first-order valence-electron chi connectivity index (χ1n) is 8.84. The Balaban J connectivity index is 1.72. The number of rotatable bonds is 5. The van der Waals surface area contributed by atoms with Gasteiger partial charge in [-0.25, -0.2) is 0 Å². The summed E-state index contributed by atoms with van der Waals surface area (Å²) in [6.45, 7) is 2.85. The topological polar surface area (TPSA) is 85.5 Å². The van der Waals surface area contributed by atoms with Crippen LogP contribution in [-0.2, 0) is 4.79 Å². The number of nitrogens with two attached hydrogens (primary N) is 1. The fourth-order valence-corrected chi connectivity index (χ4v) is 3.47. The van der Waals surface area contributed by atoms with E-state index in [-0.39, 0.29) is 24.3 Å². The number of aryl methyl sites for hydroxylation is 1. The van der Waals surface area contributed by atoms with Crippen molar-refractivity contribution in [3.8, 4) is 5.75 Å². The third kappa shape index (κ3) is 4.98. The van der Waals surface area contributed by atoms with E-state index in [2.05, 4.69) is 4.98 Å². The van der Waals surface area contributed by atoms with Crippen molar-refractivity contribution in [1.29, 1.82) is 0 Å². The average molecular weight is 388 g/mol. The van der Waals surface area contributed by atoms with Crippen LogP contribution in [0.2, 0.25) is 5.02 Å². The summed E-state index contributed by atoms with van der Waals surface area (Å²) < 4.78 is 6.06. The number of amides is 2. The van der Waals surface area contributed by atoms with E-state index in [0.717, 1.165) is 5.56 Å². The van der Waals surface area contributed by atoms with E-state index in [1.165, 1.54) is 0 Å². The molecule has 1 aromatic carbocycles. The van der Waals surface area contributed by atoms with Gasteiger partial charge in [0.25, 0.3) is 5.91 Å². The molecule has 0 radical (unpaired) electrons. The largest absolute Gasteiger partial charge is 0.490 e. The van der Waals surface area contributed by atoms with E-state index < -0.39 is 5.91 Å². The van der Waals surface area contributed by atoms with Gasteiger partial charge in [0.15, 0.2) is 0 Å². The molecule has 0 saturated carbocycles. The SMILES string of the molecule is Cc1cncc(C(=O)N2CC[C@H](Oc3ccc(Cl)cc3)[C@@H](CC(N)=O)C2)c1. The molecule has 0 unspecified atom stereocenters. The summed E-state index contributed by atoms with van der Waals surface area (Å²) in [5.41, 5.74) is 6.90. The van der Waals surface area contributed by atoms with Crippen LogP contribution in [0, 0.1) is 12.8 Å². The second-order valence-corrected chi connectivity index (χ2v) is 7.27. The highest BCUT2D eigenvalue weighted by molar-refractivity contribution is 6.30.